The van der Waals surface area contributed by atoms with E-state index in [9.17, 15) is 4.79 Å². The van der Waals surface area contributed by atoms with E-state index in [0.29, 0.717) is 6.54 Å². The number of alkyl halides is 1. The number of benzene rings is 1. The summed E-state index contributed by atoms with van der Waals surface area (Å²) in [6, 6.07) is 9.58. The first kappa shape index (κ1) is 12.0. The molecule has 0 unspecified atom stereocenters. The standard InChI is InChI=1S/C12H14BrNO/c1-3-9-14(12(15)10(2)13)11-7-5-4-6-8-11/h3-8,10H,1,9H2,2H3/t10-/m0/s1. The Morgan fingerprint density at radius 2 is 2.13 bits per heavy atom. The van der Waals surface area contributed by atoms with Crippen LogP contribution in [0.15, 0.2) is 43.0 Å². The molecule has 0 bridgehead atoms. The molecule has 3 heteroatoms. The molecule has 0 aromatic heterocycles. The number of anilines is 1. The van der Waals surface area contributed by atoms with E-state index in [1.165, 1.54) is 0 Å². The number of halogens is 1. The molecule has 0 aliphatic heterocycles. The average Bonchev–Trinajstić information content (AvgIpc) is 2.26. The number of amides is 1. The highest BCUT2D eigenvalue weighted by molar-refractivity contribution is 9.10. The van der Waals surface area contributed by atoms with E-state index in [0.717, 1.165) is 5.69 Å². The van der Waals surface area contributed by atoms with Crippen molar-refractivity contribution in [3.8, 4) is 0 Å². The van der Waals surface area contributed by atoms with Gasteiger partial charge in [0.25, 0.3) is 0 Å². The van der Waals surface area contributed by atoms with Crippen LogP contribution in [0.2, 0.25) is 0 Å². The van der Waals surface area contributed by atoms with E-state index in [1.807, 2.05) is 37.3 Å². The summed E-state index contributed by atoms with van der Waals surface area (Å²) in [5.41, 5.74) is 0.897. The van der Waals surface area contributed by atoms with E-state index in [-0.39, 0.29) is 10.7 Å². The predicted octanol–water partition coefficient (Wildman–Crippen LogP) is 2.99. The first-order chi connectivity index (χ1) is 7.16. The molecule has 0 radical (unpaired) electrons. The van der Waals surface area contributed by atoms with Gasteiger partial charge in [0.15, 0.2) is 0 Å². The fourth-order valence-electron chi connectivity index (χ4n) is 1.27. The third kappa shape index (κ3) is 3.20. The summed E-state index contributed by atoms with van der Waals surface area (Å²) >= 11 is 3.28. The molecule has 0 heterocycles. The zero-order chi connectivity index (χ0) is 11.3. The van der Waals surface area contributed by atoms with Crippen molar-refractivity contribution < 1.29 is 4.79 Å². The largest absolute Gasteiger partial charge is 0.308 e. The van der Waals surface area contributed by atoms with Crippen molar-refractivity contribution in [1.29, 1.82) is 0 Å². The summed E-state index contributed by atoms with van der Waals surface area (Å²) in [4.78, 5) is 13.4. The number of nitrogens with zero attached hydrogens (tertiary/aromatic N) is 1. The minimum Gasteiger partial charge on any atom is -0.308 e. The van der Waals surface area contributed by atoms with E-state index in [4.69, 9.17) is 0 Å². The predicted molar refractivity (Wildman–Crippen MR) is 67.4 cm³/mol. The molecule has 0 spiro atoms. The highest BCUT2D eigenvalue weighted by Gasteiger charge is 2.18. The molecule has 0 fully saturated rings. The Labute approximate surface area is 98.7 Å². The van der Waals surface area contributed by atoms with Gasteiger partial charge in [-0.05, 0) is 19.1 Å². The SMILES string of the molecule is C=CCN(C(=O)[C@H](C)Br)c1ccccc1. The van der Waals surface area contributed by atoms with Gasteiger partial charge in [-0.25, -0.2) is 0 Å². The summed E-state index contributed by atoms with van der Waals surface area (Å²) in [5.74, 6) is 0.0427. The molecule has 1 aromatic carbocycles. The van der Waals surface area contributed by atoms with Crippen molar-refractivity contribution in [3.05, 3.63) is 43.0 Å². The maximum atomic E-state index is 11.9. The Bertz CT molecular complexity index is 335. The molecule has 0 saturated carbocycles. The number of rotatable bonds is 4. The molecule has 1 aromatic rings. The first-order valence-electron chi connectivity index (χ1n) is 4.78. The van der Waals surface area contributed by atoms with Crippen molar-refractivity contribution in [1.82, 2.24) is 0 Å². The smallest absolute Gasteiger partial charge is 0.240 e. The Kier molecular flexibility index (Phi) is 4.56. The summed E-state index contributed by atoms with van der Waals surface area (Å²) in [5, 5.41) is 0. The molecule has 15 heavy (non-hydrogen) atoms. The van der Waals surface area contributed by atoms with Crippen LogP contribution in [-0.2, 0) is 4.79 Å². The van der Waals surface area contributed by atoms with Gasteiger partial charge in [0.2, 0.25) is 5.91 Å². The topological polar surface area (TPSA) is 20.3 Å². The van der Waals surface area contributed by atoms with Gasteiger partial charge in [-0.2, -0.15) is 0 Å². The molecule has 1 amide bonds. The third-order valence-electron chi connectivity index (χ3n) is 1.99. The zero-order valence-corrected chi connectivity index (χ0v) is 10.3. The highest BCUT2D eigenvalue weighted by atomic mass is 79.9. The van der Waals surface area contributed by atoms with Crippen LogP contribution in [-0.4, -0.2) is 17.3 Å². The quantitative estimate of drug-likeness (QED) is 0.607. The van der Waals surface area contributed by atoms with E-state index in [2.05, 4.69) is 22.5 Å². The monoisotopic (exact) mass is 267 g/mol. The van der Waals surface area contributed by atoms with Gasteiger partial charge in [0.1, 0.15) is 0 Å². The number of carbonyl (C=O) groups is 1. The van der Waals surface area contributed by atoms with Gasteiger partial charge >= 0.3 is 0 Å². The second-order valence-corrected chi connectivity index (χ2v) is 4.56. The Hall–Kier alpha value is -1.09. The number of hydrogen-bond acceptors (Lipinski definition) is 1. The van der Waals surface area contributed by atoms with Crippen molar-refractivity contribution in [3.63, 3.8) is 0 Å². The van der Waals surface area contributed by atoms with Crippen LogP contribution >= 0.6 is 15.9 Å². The Morgan fingerprint density at radius 1 is 1.53 bits per heavy atom. The minimum atomic E-state index is -0.183. The molecule has 1 atom stereocenters. The van der Waals surface area contributed by atoms with Crippen molar-refractivity contribution >= 4 is 27.5 Å². The summed E-state index contributed by atoms with van der Waals surface area (Å²) < 4.78 is 0. The fourth-order valence-corrected chi connectivity index (χ4v) is 1.52. The van der Waals surface area contributed by atoms with E-state index >= 15 is 0 Å². The van der Waals surface area contributed by atoms with Crippen molar-refractivity contribution in [2.24, 2.45) is 0 Å². The summed E-state index contributed by atoms with van der Waals surface area (Å²) in [7, 11) is 0. The molecule has 0 saturated heterocycles. The maximum absolute atomic E-state index is 11.9. The second kappa shape index (κ2) is 5.71. The Morgan fingerprint density at radius 3 is 2.60 bits per heavy atom. The van der Waals surface area contributed by atoms with Gasteiger partial charge < -0.3 is 4.90 Å². The molecule has 80 valence electrons. The fraction of sp³-hybridized carbons (Fsp3) is 0.250. The number of para-hydroxylation sites is 1. The number of hydrogen-bond donors (Lipinski definition) is 0. The van der Waals surface area contributed by atoms with Crippen LogP contribution in [0.5, 0.6) is 0 Å². The highest BCUT2D eigenvalue weighted by Crippen LogP contribution is 2.16. The van der Waals surface area contributed by atoms with Crippen LogP contribution in [0.1, 0.15) is 6.92 Å². The van der Waals surface area contributed by atoms with Gasteiger partial charge in [-0.1, -0.05) is 40.2 Å². The van der Waals surface area contributed by atoms with Gasteiger partial charge in [0.05, 0.1) is 4.83 Å². The number of carbonyl (C=O) groups excluding carboxylic acids is 1. The molecule has 2 nitrogen and oxygen atoms in total. The third-order valence-corrected chi connectivity index (χ3v) is 2.38. The Balaban J connectivity index is 2.93. The van der Waals surface area contributed by atoms with Crippen LogP contribution in [0, 0.1) is 0 Å². The molecule has 0 aliphatic carbocycles. The van der Waals surface area contributed by atoms with Crippen LogP contribution in [0.4, 0.5) is 5.69 Å². The zero-order valence-electron chi connectivity index (χ0n) is 8.69. The lowest BCUT2D eigenvalue weighted by molar-refractivity contribution is -0.117. The van der Waals surface area contributed by atoms with Crippen molar-refractivity contribution in [2.45, 2.75) is 11.8 Å². The van der Waals surface area contributed by atoms with Crippen molar-refractivity contribution in [2.75, 3.05) is 11.4 Å². The lowest BCUT2D eigenvalue weighted by atomic mass is 10.2. The maximum Gasteiger partial charge on any atom is 0.240 e. The van der Waals surface area contributed by atoms with Crippen LogP contribution < -0.4 is 4.90 Å². The minimum absolute atomic E-state index is 0.0427. The molecule has 0 N–H and O–H groups in total. The molecule has 1 rings (SSSR count). The average molecular weight is 268 g/mol. The van der Waals surface area contributed by atoms with Gasteiger partial charge in [0, 0.05) is 12.2 Å². The molecular formula is C12H14BrNO. The second-order valence-electron chi connectivity index (χ2n) is 3.19. The van der Waals surface area contributed by atoms with E-state index in [1.54, 1.807) is 11.0 Å². The molecular weight excluding hydrogens is 254 g/mol. The molecule has 0 aliphatic rings. The summed E-state index contributed by atoms with van der Waals surface area (Å²) in [6.07, 6.45) is 1.72. The van der Waals surface area contributed by atoms with E-state index < -0.39 is 0 Å². The normalized spacial score (nSPS) is 11.9. The summed E-state index contributed by atoms with van der Waals surface area (Å²) in [6.45, 7) is 6.01. The lowest BCUT2D eigenvalue weighted by Gasteiger charge is -2.22. The van der Waals surface area contributed by atoms with Gasteiger partial charge in [-0.15, -0.1) is 6.58 Å². The lowest BCUT2D eigenvalue weighted by Crippen LogP contribution is -2.35. The van der Waals surface area contributed by atoms with Gasteiger partial charge in [-0.3, -0.25) is 4.79 Å². The van der Waals surface area contributed by atoms with Crippen LogP contribution in [0.3, 0.4) is 0 Å². The first-order valence-corrected chi connectivity index (χ1v) is 5.69. The van der Waals surface area contributed by atoms with Crippen LogP contribution in [0.25, 0.3) is 0 Å².